The van der Waals surface area contributed by atoms with E-state index in [4.69, 9.17) is 14.6 Å². The predicted octanol–water partition coefficient (Wildman–Crippen LogP) is 6.40. The van der Waals surface area contributed by atoms with Crippen molar-refractivity contribution in [2.24, 2.45) is 5.10 Å². The molecule has 2 atom stereocenters. The first-order chi connectivity index (χ1) is 18.6. The third-order valence-electron chi connectivity index (χ3n) is 7.52. The number of amides is 1. The number of rotatable bonds is 4. The van der Waals surface area contributed by atoms with Crippen LogP contribution >= 0.6 is 15.9 Å². The van der Waals surface area contributed by atoms with Gasteiger partial charge in [0.25, 0.3) is 5.91 Å². The number of hydrogen-bond donors (Lipinski definition) is 0. The van der Waals surface area contributed by atoms with Crippen LogP contribution in [-0.2, 0) is 17.1 Å². The molecule has 188 valence electrons. The van der Waals surface area contributed by atoms with Gasteiger partial charge in [-0.1, -0.05) is 64.5 Å². The number of nitrogens with zero attached hydrogens (tertiary/aromatic N) is 3. The normalized spacial score (nSPS) is 21.1. The molecule has 4 aromatic carbocycles. The van der Waals surface area contributed by atoms with Gasteiger partial charge in [0.2, 0.25) is 0 Å². The second-order valence-electron chi connectivity index (χ2n) is 9.66. The molecule has 7 heteroatoms. The summed E-state index contributed by atoms with van der Waals surface area (Å²) in [6, 6.07) is 31.6. The maximum atomic E-state index is 14.6. The van der Waals surface area contributed by atoms with Gasteiger partial charge in [-0.15, -0.1) is 0 Å². The fraction of sp³-hybridized carbons (Fsp3) is 0.161. The van der Waals surface area contributed by atoms with E-state index in [0.29, 0.717) is 18.7 Å². The largest absolute Gasteiger partial charge is 0.497 e. The molecule has 0 saturated carbocycles. The molecule has 0 aromatic heterocycles. The second kappa shape index (κ2) is 8.74. The highest BCUT2D eigenvalue weighted by Crippen LogP contribution is 2.56. The minimum Gasteiger partial charge on any atom is -0.497 e. The summed E-state index contributed by atoms with van der Waals surface area (Å²) >= 11 is 3.62. The minimum atomic E-state index is -1.40. The number of hydrazone groups is 1. The number of carbonyl (C=O) groups excluding carboxylic acids is 1. The standard InChI is InChI=1S/C31H24BrN3O3/c1-37-23-14-11-21(12-15-23)26-18-28-24-17-22(32)13-16-29(24)38-31(35(28)33-26)25-9-5-6-10-27(25)34(30(31)36)19-20-7-3-2-4-8-20/h2-17,28H,18-19H2,1H3/t28-,31-/m1/s1. The van der Waals surface area contributed by atoms with Crippen LogP contribution in [0.2, 0.25) is 0 Å². The summed E-state index contributed by atoms with van der Waals surface area (Å²) < 4.78 is 13.1. The summed E-state index contributed by atoms with van der Waals surface area (Å²) in [5, 5.41) is 7.01. The number of fused-ring (bicyclic) bond motifs is 6. The SMILES string of the molecule is COc1ccc(C2=NN3[C@H](C2)c2cc(Br)ccc2O[C@]32C(=O)N(Cc3ccccc3)c3ccccc32)cc1. The van der Waals surface area contributed by atoms with E-state index < -0.39 is 5.72 Å². The summed E-state index contributed by atoms with van der Waals surface area (Å²) in [7, 11) is 1.66. The predicted molar refractivity (Wildman–Crippen MR) is 149 cm³/mol. The summed E-state index contributed by atoms with van der Waals surface area (Å²) in [6.45, 7) is 0.447. The molecule has 0 unspecified atom stereocenters. The van der Waals surface area contributed by atoms with Crippen molar-refractivity contribution in [2.45, 2.75) is 24.7 Å². The van der Waals surface area contributed by atoms with Gasteiger partial charge in [0.05, 0.1) is 36.7 Å². The van der Waals surface area contributed by atoms with Gasteiger partial charge < -0.3 is 14.4 Å². The van der Waals surface area contributed by atoms with Crippen molar-refractivity contribution in [3.05, 3.63) is 124 Å². The molecule has 38 heavy (non-hydrogen) atoms. The Morgan fingerprint density at radius 3 is 2.55 bits per heavy atom. The fourth-order valence-electron chi connectivity index (χ4n) is 5.73. The molecular weight excluding hydrogens is 542 g/mol. The number of halogens is 1. The highest BCUT2D eigenvalue weighted by Gasteiger charge is 2.63. The van der Waals surface area contributed by atoms with Gasteiger partial charge in [-0.05, 0) is 59.7 Å². The van der Waals surface area contributed by atoms with Crippen LogP contribution in [0, 0.1) is 0 Å². The number of ether oxygens (including phenoxy) is 2. The van der Waals surface area contributed by atoms with Crippen molar-refractivity contribution in [1.82, 2.24) is 5.01 Å². The third-order valence-corrected chi connectivity index (χ3v) is 8.02. The van der Waals surface area contributed by atoms with Gasteiger partial charge in [-0.2, -0.15) is 5.10 Å². The van der Waals surface area contributed by atoms with Crippen LogP contribution in [0.25, 0.3) is 0 Å². The molecule has 0 radical (unpaired) electrons. The molecule has 4 aromatic rings. The van der Waals surface area contributed by atoms with Crippen LogP contribution in [0.3, 0.4) is 0 Å². The van der Waals surface area contributed by atoms with Crippen molar-refractivity contribution in [3.63, 3.8) is 0 Å². The van der Waals surface area contributed by atoms with Gasteiger partial charge in [-0.25, -0.2) is 5.01 Å². The molecule has 0 fully saturated rings. The number of anilines is 1. The lowest BCUT2D eigenvalue weighted by atomic mass is 9.92. The maximum Gasteiger partial charge on any atom is 0.306 e. The zero-order chi connectivity index (χ0) is 25.9. The van der Waals surface area contributed by atoms with E-state index in [2.05, 4.69) is 22.0 Å². The Hall–Kier alpha value is -4.10. The Morgan fingerprint density at radius 1 is 1.00 bits per heavy atom. The molecule has 0 saturated heterocycles. The lowest BCUT2D eigenvalue weighted by Crippen LogP contribution is -2.57. The number of carbonyl (C=O) groups is 1. The summed E-state index contributed by atoms with van der Waals surface area (Å²) in [5.74, 6) is 1.35. The Bertz CT molecular complexity index is 1590. The Kier molecular flexibility index (Phi) is 5.30. The molecule has 1 amide bonds. The minimum absolute atomic E-state index is 0.138. The van der Waals surface area contributed by atoms with E-state index in [9.17, 15) is 4.79 Å². The first-order valence-corrected chi connectivity index (χ1v) is 13.3. The van der Waals surface area contributed by atoms with Crippen LogP contribution in [-0.4, -0.2) is 23.7 Å². The number of benzene rings is 4. The van der Waals surface area contributed by atoms with Crippen LogP contribution in [0.1, 0.15) is 34.7 Å². The fourth-order valence-corrected chi connectivity index (χ4v) is 6.10. The topological polar surface area (TPSA) is 54.4 Å². The highest BCUT2D eigenvalue weighted by molar-refractivity contribution is 9.10. The first kappa shape index (κ1) is 23.0. The Labute approximate surface area is 229 Å². The lowest BCUT2D eigenvalue weighted by molar-refractivity contribution is -0.164. The maximum absolute atomic E-state index is 14.6. The molecule has 0 N–H and O–H groups in total. The molecule has 1 spiro atoms. The highest BCUT2D eigenvalue weighted by atomic mass is 79.9. The van der Waals surface area contributed by atoms with E-state index in [1.165, 1.54) is 0 Å². The summed E-state index contributed by atoms with van der Waals surface area (Å²) in [5.41, 5.74) is 4.20. The van der Waals surface area contributed by atoms with Crippen LogP contribution < -0.4 is 14.4 Å². The van der Waals surface area contributed by atoms with Crippen molar-refractivity contribution in [3.8, 4) is 11.5 Å². The Morgan fingerprint density at radius 2 is 1.76 bits per heavy atom. The van der Waals surface area contributed by atoms with Gasteiger partial charge >= 0.3 is 5.72 Å². The number of methoxy groups -OCH3 is 1. The summed E-state index contributed by atoms with van der Waals surface area (Å²) in [6.07, 6.45) is 0.648. The zero-order valence-electron chi connectivity index (χ0n) is 20.7. The number of para-hydroxylation sites is 1. The molecule has 7 rings (SSSR count). The van der Waals surface area contributed by atoms with Crippen molar-refractivity contribution < 1.29 is 14.3 Å². The quantitative estimate of drug-likeness (QED) is 0.287. The molecule has 3 heterocycles. The molecular formula is C31H24BrN3O3. The summed E-state index contributed by atoms with van der Waals surface area (Å²) in [4.78, 5) is 16.4. The van der Waals surface area contributed by atoms with Crippen LogP contribution in [0.5, 0.6) is 11.5 Å². The lowest BCUT2D eigenvalue weighted by Gasteiger charge is -2.44. The van der Waals surface area contributed by atoms with E-state index in [0.717, 1.165) is 43.9 Å². The Balaban J connectivity index is 1.39. The average Bonchev–Trinajstić information content (AvgIpc) is 3.50. The smallest absolute Gasteiger partial charge is 0.306 e. The second-order valence-corrected chi connectivity index (χ2v) is 10.6. The van der Waals surface area contributed by atoms with E-state index in [1.807, 2.05) is 101 Å². The molecule has 3 aliphatic heterocycles. The van der Waals surface area contributed by atoms with Crippen molar-refractivity contribution >= 4 is 33.2 Å². The van der Waals surface area contributed by atoms with Crippen LogP contribution in [0.15, 0.2) is 107 Å². The molecule has 0 aliphatic carbocycles. The number of hydrogen-bond acceptors (Lipinski definition) is 5. The van der Waals surface area contributed by atoms with Gasteiger partial charge in [0.1, 0.15) is 11.5 Å². The van der Waals surface area contributed by atoms with Crippen molar-refractivity contribution in [2.75, 3.05) is 12.0 Å². The first-order valence-electron chi connectivity index (χ1n) is 12.5. The molecule has 6 nitrogen and oxygen atoms in total. The molecule has 3 aliphatic rings. The van der Waals surface area contributed by atoms with Crippen LogP contribution in [0.4, 0.5) is 5.69 Å². The van der Waals surface area contributed by atoms with Gasteiger partial charge in [0.15, 0.2) is 0 Å². The molecule has 0 bridgehead atoms. The van der Waals surface area contributed by atoms with Gasteiger partial charge in [0, 0.05) is 16.5 Å². The van der Waals surface area contributed by atoms with E-state index in [1.54, 1.807) is 7.11 Å². The van der Waals surface area contributed by atoms with Crippen molar-refractivity contribution in [1.29, 1.82) is 0 Å². The monoisotopic (exact) mass is 565 g/mol. The third kappa shape index (κ3) is 3.38. The van der Waals surface area contributed by atoms with Gasteiger partial charge in [-0.3, -0.25) is 4.79 Å². The van der Waals surface area contributed by atoms with E-state index in [-0.39, 0.29) is 11.9 Å². The average molecular weight is 566 g/mol. The zero-order valence-corrected chi connectivity index (χ0v) is 22.3. The van der Waals surface area contributed by atoms with E-state index >= 15 is 0 Å².